The minimum atomic E-state index is -0.965. The highest BCUT2D eigenvalue weighted by Crippen LogP contribution is 2.37. The molecule has 0 aromatic carbocycles. The molecule has 2 saturated heterocycles. The highest BCUT2D eigenvalue weighted by molar-refractivity contribution is 5.85. The summed E-state index contributed by atoms with van der Waals surface area (Å²) in [6, 6.07) is 6.32. The maximum Gasteiger partial charge on any atom is 0.354 e. The van der Waals surface area contributed by atoms with Crippen molar-refractivity contribution in [3.63, 3.8) is 0 Å². The Bertz CT molecular complexity index is 492. The summed E-state index contributed by atoms with van der Waals surface area (Å²) in [5.41, 5.74) is 0.972. The third-order valence-electron chi connectivity index (χ3n) is 4.54. The van der Waals surface area contributed by atoms with Gasteiger partial charge < -0.3 is 9.84 Å². The number of fused-ring (bicyclic) bond motifs is 2. The third kappa shape index (κ3) is 2.55. The molecule has 1 unspecified atom stereocenters. The molecule has 1 aromatic heterocycles. The monoisotopic (exact) mass is 276 g/mol. The summed E-state index contributed by atoms with van der Waals surface area (Å²) < 4.78 is 5.50. The fourth-order valence-electron chi connectivity index (χ4n) is 3.55. The van der Waals surface area contributed by atoms with E-state index < -0.39 is 5.97 Å². The molecule has 1 N–H and O–H groups in total. The van der Waals surface area contributed by atoms with Crippen molar-refractivity contribution in [2.75, 3.05) is 7.11 Å². The summed E-state index contributed by atoms with van der Waals surface area (Å²) in [5.74, 6) is -0.965. The highest BCUT2D eigenvalue weighted by atomic mass is 16.5. The number of rotatable bonds is 4. The Morgan fingerprint density at radius 2 is 2.10 bits per heavy atom. The zero-order chi connectivity index (χ0) is 14.1. The normalized spacial score (nSPS) is 29.6. The average molecular weight is 276 g/mol. The van der Waals surface area contributed by atoms with E-state index in [0.29, 0.717) is 18.2 Å². The topological polar surface area (TPSA) is 62.7 Å². The molecule has 2 fully saturated rings. The molecule has 5 heteroatoms. The van der Waals surface area contributed by atoms with E-state index in [4.69, 9.17) is 9.84 Å². The number of carboxylic acid groups (broad SMARTS) is 1. The number of aromatic nitrogens is 1. The Balaban J connectivity index is 1.72. The smallest absolute Gasteiger partial charge is 0.354 e. The first-order valence-electron chi connectivity index (χ1n) is 7.15. The fourth-order valence-corrected chi connectivity index (χ4v) is 3.55. The van der Waals surface area contributed by atoms with Crippen molar-refractivity contribution in [1.29, 1.82) is 0 Å². The Labute approximate surface area is 118 Å². The van der Waals surface area contributed by atoms with Gasteiger partial charge in [-0.3, -0.25) is 4.90 Å². The van der Waals surface area contributed by atoms with Crippen LogP contribution >= 0.6 is 0 Å². The lowest BCUT2D eigenvalue weighted by atomic mass is 9.99. The van der Waals surface area contributed by atoms with Gasteiger partial charge in [0.05, 0.1) is 11.8 Å². The molecule has 20 heavy (non-hydrogen) atoms. The first-order chi connectivity index (χ1) is 9.67. The van der Waals surface area contributed by atoms with Gasteiger partial charge in [0.25, 0.3) is 0 Å². The number of nitrogens with zero attached hydrogens (tertiary/aromatic N) is 2. The summed E-state index contributed by atoms with van der Waals surface area (Å²) in [4.78, 5) is 17.7. The van der Waals surface area contributed by atoms with E-state index >= 15 is 0 Å². The zero-order valence-corrected chi connectivity index (χ0v) is 11.7. The molecule has 0 aliphatic carbocycles. The molecule has 5 nitrogen and oxygen atoms in total. The molecule has 0 saturated carbocycles. The maximum absolute atomic E-state index is 11.0. The minimum Gasteiger partial charge on any atom is -0.477 e. The number of carbonyl (C=O) groups is 1. The van der Waals surface area contributed by atoms with Crippen LogP contribution in [0.4, 0.5) is 0 Å². The van der Waals surface area contributed by atoms with Gasteiger partial charge in [-0.25, -0.2) is 9.78 Å². The van der Waals surface area contributed by atoms with Crippen molar-refractivity contribution in [2.45, 2.75) is 50.4 Å². The first kappa shape index (κ1) is 13.5. The number of ether oxygens (including phenoxy) is 1. The third-order valence-corrected chi connectivity index (χ3v) is 4.54. The quantitative estimate of drug-likeness (QED) is 0.910. The number of carboxylic acids is 1. The summed E-state index contributed by atoms with van der Waals surface area (Å²) in [7, 11) is 1.79. The van der Waals surface area contributed by atoms with Gasteiger partial charge in [0.1, 0.15) is 5.69 Å². The predicted molar refractivity (Wildman–Crippen MR) is 73.6 cm³/mol. The number of hydrogen-bond acceptors (Lipinski definition) is 4. The Kier molecular flexibility index (Phi) is 3.72. The van der Waals surface area contributed by atoms with Crippen LogP contribution in [-0.2, 0) is 11.3 Å². The molecule has 0 amide bonds. The maximum atomic E-state index is 11.0. The van der Waals surface area contributed by atoms with Gasteiger partial charge in [-0.1, -0.05) is 6.07 Å². The van der Waals surface area contributed by atoms with Crippen LogP contribution in [0, 0.1) is 0 Å². The molecule has 3 heterocycles. The Morgan fingerprint density at radius 3 is 2.70 bits per heavy atom. The van der Waals surface area contributed by atoms with Gasteiger partial charge >= 0.3 is 5.97 Å². The molecule has 1 aromatic rings. The van der Waals surface area contributed by atoms with Crippen LogP contribution in [0.25, 0.3) is 0 Å². The van der Waals surface area contributed by atoms with Gasteiger partial charge in [-0.05, 0) is 37.8 Å². The lowest BCUT2D eigenvalue weighted by Crippen LogP contribution is -2.44. The number of pyridine rings is 1. The second-order valence-corrected chi connectivity index (χ2v) is 5.71. The molecular formula is C15H20N2O3. The van der Waals surface area contributed by atoms with Crippen LogP contribution in [0.1, 0.15) is 41.9 Å². The lowest BCUT2D eigenvalue weighted by molar-refractivity contribution is 0.00205. The van der Waals surface area contributed by atoms with Crippen molar-refractivity contribution in [3.05, 3.63) is 29.6 Å². The van der Waals surface area contributed by atoms with Crippen molar-refractivity contribution in [2.24, 2.45) is 0 Å². The van der Waals surface area contributed by atoms with Gasteiger partial charge in [0.2, 0.25) is 0 Å². The van der Waals surface area contributed by atoms with Gasteiger partial charge in [-0.15, -0.1) is 0 Å². The van der Waals surface area contributed by atoms with Crippen molar-refractivity contribution < 1.29 is 14.6 Å². The number of hydrogen-bond donors (Lipinski definition) is 1. The Hall–Kier alpha value is -1.46. The van der Waals surface area contributed by atoms with Crippen LogP contribution in [-0.4, -0.2) is 46.3 Å². The van der Waals surface area contributed by atoms with E-state index in [9.17, 15) is 4.79 Å². The van der Waals surface area contributed by atoms with Crippen LogP contribution in [0.3, 0.4) is 0 Å². The second kappa shape index (κ2) is 5.50. The molecule has 3 rings (SSSR count). The SMILES string of the molecule is COC1C[C@H]2CC[C@@H](C1)N2Cc1cccc(C(=O)O)n1. The van der Waals surface area contributed by atoms with E-state index in [-0.39, 0.29) is 5.69 Å². The number of methoxy groups -OCH3 is 1. The van der Waals surface area contributed by atoms with Crippen molar-refractivity contribution >= 4 is 5.97 Å². The molecule has 0 radical (unpaired) electrons. The minimum absolute atomic E-state index is 0.127. The summed E-state index contributed by atoms with van der Waals surface area (Å²) in [5, 5.41) is 9.01. The molecule has 0 spiro atoms. The molecule has 108 valence electrons. The predicted octanol–water partition coefficient (Wildman–Crippen LogP) is 1.92. The van der Waals surface area contributed by atoms with Gasteiger partial charge in [0, 0.05) is 25.7 Å². The second-order valence-electron chi connectivity index (χ2n) is 5.71. The van der Waals surface area contributed by atoms with Crippen LogP contribution in [0.5, 0.6) is 0 Å². The first-order valence-corrected chi connectivity index (χ1v) is 7.15. The average Bonchev–Trinajstić information content (AvgIpc) is 2.70. The fraction of sp³-hybridized carbons (Fsp3) is 0.600. The molecular weight excluding hydrogens is 256 g/mol. The number of aromatic carboxylic acids is 1. The highest BCUT2D eigenvalue weighted by Gasteiger charge is 2.40. The van der Waals surface area contributed by atoms with Crippen molar-refractivity contribution in [1.82, 2.24) is 9.88 Å². The molecule has 2 aliphatic heterocycles. The Morgan fingerprint density at radius 1 is 1.40 bits per heavy atom. The lowest BCUT2D eigenvalue weighted by Gasteiger charge is -2.38. The van der Waals surface area contributed by atoms with E-state index in [1.807, 2.05) is 6.07 Å². The summed E-state index contributed by atoms with van der Waals surface area (Å²) >= 11 is 0. The van der Waals surface area contributed by atoms with Gasteiger partial charge in [0.15, 0.2) is 0 Å². The van der Waals surface area contributed by atoms with E-state index in [1.165, 1.54) is 18.9 Å². The number of piperidine rings is 1. The van der Waals surface area contributed by atoms with E-state index in [2.05, 4.69) is 9.88 Å². The summed E-state index contributed by atoms with van der Waals surface area (Å²) in [6.07, 6.45) is 4.95. The van der Waals surface area contributed by atoms with Crippen molar-refractivity contribution in [3.8, 4) is 0 Å². The molecule has 2 aliphatic rings. The molecule has 2 bridgehead atoms. The van der Waals surface area contributed by atoms with Crippen LogP contribution in [0.15, 0.2) is 18.2 Å². The van der Waals surface area contributed by atoms with E-state index in [1.54, 1.807) is 13.2 Å². The largest absolute Gasteiger partial charge is 0.477 e. The van der Waals surface area contributed by atoms with Crippen LogP contribution < -0.4 is 0 Å². The summed E-state index contributed by atoms with van der Waals surface area (Å²) in [6.45, 7) is 0.743. The van der Waals surface area contributed by atoms with E-state index in [0.717, 1.165) is 25.1 Å². The van der Waals surface area contributed by atoms with Gasteiger partial charge in [-0.2, -0.15) is 0 Å². The van der Waals surface area contributed by atoms with Crippen LogP contribution in [0.2, 0.25) is 0 Å². The standard InChI is InChI=1S/C15H20N2O3/c1-20-13-7-11-5-6-12(8-13)17(11)9-10-3-2-4-14(16-10)15(18)19/h2-4,11-13H,5-9H2,1H3,(H,18,19)/t11-,12+,13?. The zero-order valence-electron chi connectivity index (χ0n) is 11.7. The molecule has 3 atom stereocenters.